The summed E-state index contributed by atoms with van der Waals surface area (Å²) >= 11 is 12.1. The third kappa shape index (κ3) is 4.66. The average Bonchev–Trinajstić information content (AvgIpc) is 2.63. The Morgan fingerprint density at radius 2 is 1.42 bits per heavy atom. The second kappa shape index (κ2) is 8.89. The van der Waals surface area contributed by atoms with E-state index in [1.807, 2.05) is 12.1 Å². The van der Waals surface area contributed by atoms with Crippen LogP contribution >= 0.6 is 23.2 Å². The lowest BCUT2D eigenvalue weighted by molar-refractivity contribution is 0.0287. The molecule has 3 rings (SSSR count). The largest absolute Gasteiger partial charge is 0.387 e. The minimum Gasteiger partial charge on any atom is -0.387 e. The van der Waals surface area contributed by atoms with Crippen LogP contribution in [-0.4, -0.2) is 28.6 Å². The molecule has 0 aromatic heterocycles. The highest BCUT2D eigenvalue weighted by Gasteiger charge is 2.30. The summed E-state index contributed by atoms with van der Waals surface area (Å²) in [6.07, 6.45) is 12.7. The van der Waals surface area contributed by atoms with Gasteiger partial charge in [0.05, 0.1) is 16.1 Å². The Morgan fingerprint density at radius 3 is 1.92 bits per heavy atom. The van der Waals surface area contributed by atoms with E-state index in [2.05, 4.69) is 4.90 Å². The fraction of sp³-hybridized carbons (Fsp3) is 0.700. The number of hydrogen-bond donors (Lipinski definition) is 1. The van der Waals surface area contributed by atoms with Gasteiger partial charge in [-0.15, -0.1) is 0 Å². The second-order valence-corrected chi connectivity index (χ2v) is 8.28. The van der Waals surface area contributed by atoms with Crippen LogP contribution in [0.1, 0.15) is 75.9 Å². The Bertz CT molecular complexity index is 506. The first kappa shape index (κ1) is 18.5. The van der Waals surface area contributed by atoms with Gasteiger partial charge in [0.2, 0.25) is 0 Å². The molecule has 0 radical (unpaired) electrons. The number of aliphatic hydroxyl groups excluding tert-OH is 1. The lowest BCUT2D eigenvalue weighted by Gasteiger charge is -2.42. The van der Waals surface area contributed by atoms with Crippen molar-refractivity contribution < 1.29 is 5.11 Å². The monoisotopic (exact) mass is 369 g/mol. The molecule has 0 aliphatic heterocycles. The first-order valence-corrected chi connectivity index (χ1v) is 10.3. The zero-order valence-corrected chi connectivity index (χ0v) is 15.9. The zero-order valence-electron chi connectivity index (χ0n) is 14.4. The molecule has 1 aromatic rings. The molecule has 24 heavy (non-hydrogen) atoms. The molecule has 0 bridgehead atoms. The Hall–Kier alpha value is -0.280. The quantitative estimate of drug-likeness (QED) is 0.688. The van der Waals surface area contributed by atoms with Crippen LogP contribution in [0.2, 0.25) is 10.0 Å². The first-order chi connectivity index (χ1) is 11.6. The van der Waals surface area contributed by atoms with E-state index < -0.39 is 6.10 Å². The summed E-state index contributed by atoms with van der Waals surface area (Å²) in [5.74, 6) is 0. The lowest BCUT2D eigenvalue weighted by atomic mass is 9.88. The van der Waals surface area contributed by atoms with Gasteiger partial charge < -0.3 is 5.11 Å². The molecular weight excluding hydrogens is 341 g/mol. The molecule has 1 N–H and O–H groups in total. The van der Waals surface area contributed by atoms with Gasteiger partial charge in [0.25, 0.3) is 0 Å². The molecule has 0 saturated heterocycles. The van der Waals surface area contributed by atoms with Gasteiger partial charge >= 0.3 is 0 Å². The van der Waals surface area contributed by atoms with Crippen LogP contribution in [-0.2, 0) is 0 Å². The van der Waals surface area contributed by atoms with Crippen LogP contribution in [0, 0.1) is 0 Å². The van der Waals surface area contributed by atoms with E-state index in [1.54, 1.807) is 6.07 Å². The summed E-state index contributed by atoms with van der Waals surface area (Å²) in [6.45, 7) is 0.716. The fourth-order valence-corrected chi connectivity index (χ4v) is 4.75. The molecule has 0 unspecified atom stereocenters. The molecule has 0 amide bonds. The summed E-state index contributed by atoms with van der Waals surface area (Å²) in [5.41, 5.74) is 0.876. The first-order valence-electron chi connectivity index (χ1n) is 9.54. The van der Waals surface area contributed by atoms with E-state index in [1.165, 1.54) is 64.2 Å². The van der Waals surface area contributed by atoms with Gasteiger partial charge in [-0.25, -0.2) is 0 Å². The van der Waals surface area contributed by atoms with Gasteiger partial charge in [-0.3, -0.25) is 4.90 Å². The summed E-state index contributed by atoms with van der Waals surface area (Å²) in [5, 5.41) is 11.9. The maximum Gasteiger partial charge on any atom is 0.0917 e. The molecule has 2 fully saturated rings. The minimum atomic E-state index is -0.497. The molecule has 0 heterocycles. The van der Waals surface area contributed by atoms with Crippen LogP contribution in [0.3, 0.4) is 0 Å². The Labute approximate surface area is 156 Å². The minimum absolute atomic E-state index is 0.497. The predicted octanol–water partition coefficient (Wildman–Crippen LogP) is 5.99. The average molecular weight is 370 g/mol. The van der Waals surface area contributed by atoms with E-state index in [9.17, 15) is 5.11 Å². The fourth-order valence-electron chi connectivity index (χ4n) is 4.45. The van der Waals surface area contributed by atoms with Gasteiger partial charge in [-0.1, -0.05) is 67.8 Å². The van der Waals surface area contributed by atoms with Crippen molar-refractivity contribution in [1.29, 1.82) is 0 Å². The molecule has 2 aliphatic carbocycles. The standard InChI is InChI=1S/C20H29Cl2NO/c21-18-12-11-15(13-19(18)22)20(24)14-23(16-7-3-1-4-8-16)17-9-5-2-6-10-17/h11-13,16-17,20,24H,1-10,14H2/t20-/m0/s1. The Kier molecular flexibility index (Phi) is 6.86. The van der Waals surface area contributed by atoms with Crippen LogP contribution in [0.15, 0.2) is 18.2 Å². The van der Waals surface area contributed by atoms with Crippen molar-refractivity contribution in [2.75, 3.05) is 6.54 Å². The molecule has 0 spiro atoms. The van der Waals surface area contributed by atoms with Crippen LogP contribution in [0.5, 0.6) is 0 Å². The Balaban J connectivity index is 1.72. The molecule has 2 nitrogen and oxygen atoms in total. The van der Waals surface area contributed by atoms with E-state index in [0.29, 0.717) is 28.7 Å². The lowest BCUT2D eigenvalue weighted by Crippen LogP contribution is -2.47. The van der Waals surface area contributed by atoms with Gasteiger partial charge in [-0.2, -0.15) is 0 Å². The molecule has 2 aliphatic rings. The normalized spacial score (nSPS) is 22.0. The Morgan fingerprint density at radius 1 is 0.875 bits per heavy atom. The summed E-state index contributed by atoms with van der Waals surface area (Å²) in [4.78, 5) is 2.63. The number of hydrogen-bond acceptors (Lipinski definition) is 2. The zero-order chi connectivity index (χ0) is 16.9. The van der Waals surface area contributed by atoms with Crippen molar-refractivity contribution in [2.45, 2.75) is 82.4 Å². The smallest absolute Gasteiger partial charge is 0.0917 e. The van der Waals surface area contributed by atoms with Crippen LogP contribution < -0.4 is 0 Å². The molecule has 134 valence electrons. The second-order valence-electron chi connectivity index (χ2n) is 7.47. The molecule has 1 atom stereocenters. The van der Waals surface area contributed by atoms with Gasteiger partial charge in [-0.05, 0) is 43.4 Å². The van der Waals surface area contributed by atoms with E-state index in [0.717, 1.165) is 5.56 Å². The van der Waals surface area contributed by atoms with Crippen LogP contribution in [0.25, 0.3) is 0 Å². The molecule has 4 heteroatoms. The maximum atomic E-state index is 10.8. The SMILES string of the molecule is O[C@@H](CN(C1CCCCC1)C1CCCCC1)c1ccc(Cl)c(Cl)c1. The molecule has 1 aromatic carbocycles. The van der Waals surface area contributed by atoms with Crippen molar-refractivity contribution in [3.05, 3.63) is 33.8 Å². The number of aliphatic hydroxyl groups is 1. The van der Waals surface area contributed by atoms with Gasteiger partial charge in [0.15, 0.2) is 0 Å². The van der Waals surface area contributed by atoms with Crippen molar-refractivity contribution >= 4 is 23.2 Å². The predicted molar refractivity (Wildman–Crippen MR) is 102 cm³/mol. The number of nitrogens with zero attached hydrogens (tertiary/aromatic N) is 1. The third-order valence-electron chi connectivity index (χ3n) is 5.80. The third-order valence-corrected chi connectivity index (χ3v) is 6.54. The summed E-state index contributed by atoms with van der Waals surface area (Å²) in [7, 11) is 0. The van der Waals surface area contributed by atoms with Gasteiger partial charge in [0.1, 0.15) is 0 Å². The summed E-state index contributed by atoms with van der Waals surface area (Å²) < 4.78 is 0. The van der Waals surface area contributed by atoms with Crippen LogP contribution in [0.4, 0.5) is 0 Å². The highest BCUT2D eigenvalue weighted by molar-refractivity contribution is 6.42. The molecule has 2 saturated carbocycles. The maximum absolute atomic E-state index is 10.8. The number of rotatable bonds is 5. The highest BCUT2D eigenvalue weighted by atomic mass is 35.5. The summed E-state index contributed by atoms with van der Waals surface area (Å²) in [6, 6.07) is 6.78. The topological polar surface area (TPSA) is 23.5 Å². The highest BCUT2D eigenvalue weighted by Crippen LogP contribution is 2.33. The van der Waals surface area contributed by atoms with Crippen molar-refractivity contribution in [3.8, 4) is 0 Å². The van der Waals surface area contributed by atoms with Crippen molar-refractivity contribution in [3.63, 3.8) is 0 Å². The van der Waals surface area contributed by atoms with E-state index in [-0.39, 0.29) is 0 Å². The number of benzene rings is 1. The van der Waals surface area contributed by atoms with E-state index in [4.69, 9.17) is 23.2 Å². The van der Waals surface area contributed by atoms with Gasteiger partial charge in [0, 0.05) is 18.6 Å². The van der Waals surface area contributed by atoms with Crippen molar-refractivity contribution in [1.82, 2.24) is 4.90 Å². The van der Waals surface area contributed by atoms with Crippen molar-refractivity contribution in [2.24, 2.45) is 0 Å². The number of halogens is 2. The van der Waals surface area contributed by atoms with E-state index >= 15 is 0 Å². The molecular formula is C20H29Cl2NO.